The molecule has 0 aromatic carbocycles. The van der Waals surface area contributed by atoms with Gasteiger partial charge in [0.2, 0.25) is 5.91 Å². The zero-order chi connectivity index (χ0) is 14.7. The first-order valence-corrected chi connectivity index (χ1v) is 5.89. The third-order valence-corrected chi connectivity index (χ3v) is 2.24. The van der Waals surface area contributed by atoms with Gasteiger partial charge in [-0.3, -0.25) is 19.8 Å². The van der Waals surface area contributed by atoms with Gasteiger partial charge in [0, 0.05) is 13.7 Å². The Morgan fingerprint density at radius 2 is 1.84 bits per heavy atom. The van der Waals surface area contributed by atoms with Crippen molar-refractivity contribution in [2.75, 3.05) is 47.0 Å². The molecule has 0 heterocycles. The van der Waals surface area contributed by atoms with Crippen LogP contribution in [-0.2, 0) is 19.1 Å². The predicted octanol–water partition coefficient (Wildman–Crippen LogP) is -1.05. The van der Waals surface area contributed by atoms with Crippen LogP contribution in [0.2, 0.25) is 0 Å². The van der Waals surface area contributed by atoms with Crippen molar-refractivity contribution in [3.8, 4) is 0 Å². The molecule has 0 rings (SSSR count). The molecular weight excluding hydrogens is 254 g/mol. The lowest BCUT2D eigenvalue weighted by Gasteiger charge is -2.17. The van der Waals surface area contributed by atoms with Crippen molar-refractivity contribution in [2.24, 2.45) is 0 Å². The Hall–Kier alpha value is -1.67. The highest BCUT2D eigenvalue weighted by Gasteiger charge is 2.14. The first kappa shape index (κ1) is 17.3. The Morgan fingerprint density at radius 3 is 2.37 bits per heavy atom. The average Bonchev–Trinajstić information content (AvgIpc) is 2.37. The fourth-order valence-electron chi connectivity index (χ4n) is 1.21. The topological polar surface area (TPSA) is 97.0 Å². The maximum absolute atomic E-state index is 11.5. The summed E-state index contributed by atoms with van der Waals surface area (Å²) in [5, 5.41) is 4.61. The number of carbonyl (C=O) groups excluding carboxylic acids is 3. The van der Waals surface area contributed by atoms with Crippen LogP contribution in [0.5, 0.6) is 0 Å². The van der Waals surface area contributed by atoms with Crippen LogP contribution in [0.4, 0.5) is 4.79 Å². The van der Waals surface area contributed by atoms with Crippen LogP contribution in [0.25, 0.3) is 0 Å². The molecule has 0 saturated heterocycles. The van der Waals surface area contributed by atoms with Gasteiger partial charge in [0.1, 0.15) is 0 Å². The van der Waals surface area contributed by atoms with E-state index >= 15 is 0 Å². The summed E-state index contributed by atoms with van der Waals surface area (Å²) >= 11 is 0. The monoisotopic (exact) mass is 275 g/mol. The van der Waals surface area contributed by atoms with E-state index in [1.165, 1.54) is 14.2 Å². The first-order chi connectivity index (χ1) is 9.03. The van der Waals surface area contributed by atoms with Gasteiger partial charge in [-0.05, 0) is 6.54 Å². The summed E-state index contributed by atoms with van der Waals surface area (Å²) in [5.74, 6) is -0.917. The van der Waals surface area contributed by atoms with E-state index in [4.69, 9.17) is 4.74 Å². The number of rotatable bonds is 8. The Labute approximate surface area is 112 Å². The van der Waals surface area contributed by atoms with Crippen molar-refractivity contribution in [3.63, 3.8) is 0 Å². The van der Waals surface area contributed by atoms with Crippen molar-refractivity contribution >= 4 is 17.9 Å². The number of urea groups is 1. The van der Waals surface area contributed by atoms with Gasteiger partial charge in [0.15, 0.2) is 0 Å². The number of likely N-dealkylation sites (N-methyl/N-ethyl adjacent to an activating group) is 1. The van der Waals surface area contributed by atoms with Gasteiger partial charge in [-0.1, -0.05) is 6.92 Å². The maximum atomic E-state index is 11.5. The average molecular weight is 275 g/mol. The molecule has 3 amide bonds. The minimum atomic E-state index is -0.587. The van der Waals surface area contributed by atoms with Gasteiger partial charge < -0.3 is 14.8 Å². The second-order valence-corrected chi connectivity index (χ2v) is 3.68. The molecule has 0 aliphatic carbocycles. The molecule has 0 unspecified atom stereocenters. The number of nitrogens with zero attached hydrogens (tertiary/aromatic N) is 1. The fourth-order valence-corrected chi connectivity index (χ4v) is 1.21. The van der Waals surface area contributed by atoms with E-state index in [1.807, 2.05) is 0 Å². The minimum absolute atomic E-state index is 0.00567. The molecule has 0 aliphatic rings. The first-order valence-electron chi connectivity index (χ1n) is 5.89. The fraction of sp³-hybridized carbons (Fsp3) is 0.727. The number of nitrogens with one attached hydrogen (secondary N) is 2. The van der Waals surface area contributed by atoms with Crippen molar-refractivity contribution < 1.29 is 23.9 Å². The summed E-state index contributed by atoms with van der Waals surface area (Å²) in [6, 6.07) is -0.587. The number of amides is 3. The molecule has 2 N–H and O–H groups in total. The van der Waals surface area contributed by atoms with Gasteiger partial charge in [0.25, 0.3) is 0 Å². The number of ether oxygens (including phenoxy) is 2. The van der Waals surface area contributed by atoms with Crippen LogP contribution < -0.4 is 10.6 Å². The van der Waals surface area contributed by atoms with E-state index in [1.54, 1.807) is 11.8 Å². The van der Waals surface area contributed by atoms with Gasteiger partial charge in [-0.15, -0.1) is 0 Å². The highest BCUT2D eigenvalue weighted by atomic mass is 16.5. The van der Waals surface area contributed by atoms with E-state index in [9.17, 15) is 14.4 Å². The van der Waals surface area contributed by atoms with Crippen LogP contribution in [0.1, 0.15) is 6.92 Å². The molecule has 110 valence electrons. The second kappa shape index (κ2) is 10.3. The SMILES string of the molecule is CCN(CC(=O)NC(=O)NCCOC)CC(=O)OC. The van der Waals surface area contributed by atoms with Crippen molar-refractivity contribution in [2.45, 2.75) is 6.92 Å². The normalized spacial score (nSPS) is 10.1. The minimum Gasteiger partial charge on any atom is -0.468 e. The van der Waals surface area contributed by atoms with E-state index < -0.39 is 17.9 Å². The van der Waals surface area contributed by atoms with Crippen LogP contribution in [-0.4, -0.2) is 69.8 Å². The van der Waals surface area contributed by atoms with Gasteiger partial charge in [-0.25, -0.2) is 4.79 Å². The molecule has 0 radical (unpaired) electrons. The van der Waals surface area contributed by atoms with Gasteiger partial charge in [0.05, 0.1) is 26.8 Å². The Kier molecular flexibility index (Phi) is 9.37. The van der Waals surface area contributed by atoms with E-state index in [0.29, 0.717) is 19.7 Å². The summed E-state index contributed by atoms with van der Waals surface area (Å²) in [7, 11) is 2.79. The van der Waals surface area contributed by atoms with E-state index in [2.05, 4.69) is 15.4 Å². The molecule has 0 spiro atoms. The van der Waals surface area contributed by atoms with Crippen molar-refractivity contribution in [3.05, 3.63) is 0 Å². The maximum Gasteiger partial charge on any atom is 0.321 e. The van der Waals surface area contributed by atoms with Crippen molar-refractivity contribution in [1.82, 2.24) is 15.5 Å². The van der Waals surface area contributed by atoms with Crippen LogP contribution in [0, 0.1) is 0 Å². The van der Waals surface area contributed by atoms with Crippen molar-refractivity contribution in [1.29, 1.82) is 0 Å². The molecule has 8 heteroatoms. The lowest BCUT2D eigenvalue weighted by Crippen LogP contribution is -2.46. The second-order valence-electron chi connectivity index (χ2n) is 3.68. The number of carbonyl (C=O) groups is 3. The van der Waals surface area contributed by atoms with E-state index in [-0.39, 0.29) is 13.1 Å². The lowest BCUT2D eigenvalue weighted by atomic mass is 10.4. The molecule has 0 aromatic heterocycles. The smallest absolute Gasteiger partial charge is 0.321 e. The molecule has 8 nitrogen and oxygen atoms in total. The summed E-state index contributed by atoms with van der Waals surface area (Å²) in [5.41, 5.74) is 0. The summed E-state index contributed by atoms with van der Waals surface area (Å²) in [6.07, 6.45) is 0. The molecule has 0 aromatic rings. The number of esters is 1. The predicted molar refractivity (Wildman–Crippen MR) is 67.5 cm³/mol. The summed E-state index contributed by atoms with van der Waals surface area (Å²) in [6.45, 7) is 2.93. The molecule has 0 aliphatic heterocycles. The van der Waals surface area contributed by atoms with E-state index in [0.717, 1.165) is 0 Å². The number of methoxy groups -OCH3 is 2. The molecule has 19 heavy (non-hydrogen) atoms. The largest absolute Gasteiger partial charge is 0.468 e. The highest BCUT2D eigenvalue weighted by molar-refractivity contribution is 5.95. The quantitative estimate of drug-likeness (QED) is 0.433. The summed E-state index contributed by atoms with van der Waals surface area (Å²) in [4.78, 5) is 35.4. The zero-order valence-corrected chi connectivity index (χ0v) is 11.5. The van der Waals surface area contributed by atoms with Gasteiger partial charge in [-0.2, -0.15) is 0 Å². The summed E-state index contributed by atoms with van der Waals surface area (Å²) < 4.78 is 9.25. The Balaban J connectivity index is 3.99. The Morgan fingerprint density at radius 1 is 1.16 bits per heavy atom. The number of hydrogen-bond acceptors (Lipinski definition) is 6. The molecule has 0 saturated carbocycles. The van der Waals surface area contributed by atoms with Crippen LogP contribution in [0.3, 0.4) is 0 Å². The lowest BCUT2D eigenvalue weighted by molar-refractivity contribution is -0.142. The Bertz CT molecular complexity index is 309. The van der Waals surface area contributed by atoms with Crippen LogP contribution >= 0.6 is 0 Å². The molecular formula is C11H21N3O5. The van der Waals surface area contributed by atoms with Crippen LogP contribution in [0.15, 0.2) is 0 Å². The standard InChI is InChI=1S/C11H21N3O5/c1-4-14(8-10(16)19-3)7-9(15)13-11(17)12-5-6-18-2/h4-8H2,1-3H3,(H2,12,13,15,17). The molecule has 0 bridgehead atoms. The number of imide groups is 1. The third kappa shape index (κ3) is 8.97. The molecule has 0 atom stereocenters. The van der Waals surface area contributed by atoms with Gasteiger partial charge >= 0.3 is 12.0 Å². The number of hydrogen-bond donors (Lipinski definition) is 2. The third-order valence-electron chi connectivity index (χ3n) is 2.24. The highest BCUT2D eigenvalue weighted by Crippen LogP contribution is 1.89. The zero-order valence-electron chi connectivity index (χ0n) is 11.5. The molecule has 0 fully saturated rings.